The normalized spacial score (nSPS) is 20.0. The molecule has 6 heteroatoms. The molecule has 1 unspecified atom stereocenters. The third-order valence-electron chi connectivity index (χ3n) is 3.57. The number of halogens is 3. The number of hydrogen-bond donors (Lipinski definition) is 1. The third-order valence-corrected chi connectivity index (χ3v) is 3.57. The van der Waals surface area contributed by atoms with Gasteiger partial charge in [0.25, 0.3) is 0 Å². The molecule has 0 aromatic heterocycles. The molecule has 1 aliphatic heterocycles. The van der Waals surface area contributed by atoms with Crippen LogP contribution in [0, 0.1) is 5.92 Å². The number of piperidine rings is 1. The number of nitrogens with zero attached hydrogens (tertiary/aromatic N) is 1. The van der Waals surface area contributed by atoms with Gasteiger partial charge in [0.05, 0.1) is 23.9 Å². The van der Waals surface area contributed by atoms with Crippen LogP contribution in [0.25, 0.3) is 0 Å². The zero-order valence-corrected chi connectivity index (χ0v) is 11.4. The van der Waals surface area contributed by atoms with Gasteiger partial charge in [0.15, 0.2) is 0 Å². The molecule has 0 radical (unpaired) electrons. The highest BCUT2D eigenvalue weighted by Gasteiger charge is 2.42. The summed E-state index contributed by atoms with van der Waals surface area (Å²) in [6.07, 6.45) is -3.45. The fourth-order valence-electron chi connectivity index (χ4n) is 2.55. The summed E-state index contributed by atoms with van der Waals surface area (Å²) in [5.41, 5.74) is 7.05. The van der Waals surface area contributed by atoms with Crippen molar-refractivity contribution in [1.29, 1.82) is 0 Å². The fourth-order valence-corrected chi connectivity index (χ4v) is 2.55. The molecule has 20 heavy (non-hydrogen) atoms. The molecule has 0 aliphatic carbocycles. The largest absolute Gasteiger partial charge is 0.492 e. The maximum atomic E-state index is 12.8. The zero-order chi connectivity index (χ0) is 14.8. The first-order valence-electron chi connectivity index (χ1n) is 6.76. The van der Waals surface area contributed by atoms with Crippen molar-refractivity contribution in [2.75, 3.05) is 30.3 Å². The van der Waals surface area contributed by atoms with Gasteiger partial charge in [0.2, 0.25) is 0 Å². The fraction of sp³-hybridized carbons (Fsp3) is 0.571. The van der Waals surface area contributed by atoms with Crippen molar-refractivity contribution in [2.24, 2.45) is 5.92 Å². The Morgan fingerprint density at radius 3 is 2.80 bits per heavy atom. The van der Waals surface area contributed by atoms with E-state index in [0.29, 0.717) is 36.7 Å². The summed E-state index contributed by atoms with van der Waals surface area (Å²) in [4.78, 5) is 1.71. The number of rotatable bonds is 3. The van der Waals surface area contributed by atoms with E-state index in [1.165, 1.54) is 0 Å². The second kappa shape index (κ2) is 5.81. The Morgan fingerprint density at radius 1 is 1.40 bits per heavy atom. The lowest BCUT2D eigenvalue weighted by Crippen LogP contribution is -2.42. The van der Waals surface area contributed by atoms with Crippen LogP contribution in [0.2, 0.25) is 0 Å². The molecule has 3 nitrogen and oxygen atoms in total. The summed E-state index contributed by atoms with van der Waals surface area (Å²) in [6, 6.07) is 5.23. The highest BCUT2D eigenvalue weighted by atomic mass is 19.4. The maximum absolute atomic E-state index is 12.8. The van der Waals surface area contributed by atoms with Crippen molar-refractivity contribution in [3.05, 3.63) is 18.2 Å². The topological polar surface area (TPSA) is 38.5 Å². The van der Waals surface area contributed by atoms with Crippen LogP contribution in [0.4, 0.5) is 24.5 Å². The molecule has 1 heterocycles. The summed E-state index contributed by atoms with van der Waals surface area (Å²) in [7, 11) is 0. The number of para-hydroxylation sites is 1. The van der Waals surface area contributed by atoms with Crippen LogP contribution in [0.5, 0.6) is 5.75 Å². The van der Waals surface area contributed by atoms with Crippen LogP contribution >= 0.6 is 0 Å². The molecule has 2 N–H and O–H groups in total. The van der Waals surface area contributed by atoms with E-state index < -0.39 is 12.1 Å². The number of hydrogen-bond acceptors (Lipinski definition) is 3. The summed E-state index contributed by atoms with van der Waals surface area (Å²) in [5, 5.41) is 0. The van der Waals surface area contributed by atoms with E-state index in [0.717, 1.165) is 0 Å². The Labute approximate surface area is 116 Å². The van der Waals surface area contributed by atoms with Gasteiger partial charge in [-0.1, -0.05) is 6.07 Å². The summed E-state index contributed by atoms with van der Waals surface area (Å²) in [6.45, 7) is 2.86. The predicted molar refractivity (Wildman–Crippen MR) is 73.0 cm³/mol. The van der Waals surface area contributed by atoms with Crippen LogP contribution in [0.3, 0.4) is 0 Å². The van der Waals surface area contributed by atoms with Gasteiger partial charge in [-0.05, 0) is 31.9 Å². The van der Waals surface area contributed by atoms with Gasteiger partial charge in [-0.25, -0.2) is 0 Å². The predicted octanol–water partition coefficient (Wildman–Crippen LogP) is 3.45. The van der Waals surface area contributed by atoms with Gasteiger partial charge in [-0.15, -0.1) is 0 Å². The highest BCUT2D eigenvalue weighted by Crippen LogP contribution is 2.38. The number of nitrogen functional groups attached to an aromatic ring is 1. The SMILES string of the molecule is CCOc1cccc(N2CCCC(C(F)(F)F)C2)c1N. The van der Waals surface area contributed by atoms with Crippen molar-refractivity contribution < 1.29 is 17.9 Å². The average Bonchev–Trinajstić information content (AvgIpc) is 2.41. The standard InChI is InChI=1S/C14H19F3N2O/c1-2-20-12-7-3-6-11(13(12)18)19-8-4-5-10(9-19)14(15,16)17/h3,6-7,10H,2,4-5,8-9,18H2,1H3. The van der Waals surface area contributed by atoms with Gasteiger partial charge in [-0.3, -0.25) is 0 Å². The van der Waals surface area contributed by atoms with E-state index in [1.807, 2.05) is 6.92 Å². The van der Waals surface area contributed by atoms with Crippen molar-refractivity contribution in [2.45, 2.75) is 25.9 Å². The minimum atomic E-state index is -4.15. The summed E-state index contributed by atoms with van der Waals surface area (Å²) in [5.74, 6) is -0.759. The molecule has 0 bridgehead atoms. The molecular formula is C14H19F3N2O. The van der Waals surface area contributed by atoms with Crippen LogP contribution in [0.15, 0.2) is 18.2 Å². The van der Waals surface area contributed by atoms with Gasteiger partial charge in [0, 0.05) is 13.1 Å². The molecule has 1 aliphatic rings. The van der Waals surface area contributed by atoms with Crippen molar-refractivity contribution >= 4 is 11.4 Å². The molecule has 0 saturated carbocycles. The zero-order valence-electron chi connectivity index (χ0n) is 11.4. The summed E-state index contributed by atoms with van der Waals surface area (Å²) < 4.78 is 43.9. The number of ether oxygens (including phenoxy) is 1. The molecule has 1 fully saturated rings. The molecule has 0 spiro atoms. The number of nitrogens with two attached hydrogens (primary N) is 1. The van der Waals surface area contributed by atoms with Gasteiger partial charge in [-0.2, -0.15) is 13.2 Å². The molecule has 1 aromatic carbocycles. The first-order chi connectivity index (χ1) is 9.43. The Morgan fingerprint density at radius 2 is 2.15 bits per heavy atom. The van der Waals surface area contributed by atoms with Gasteiger partial charge in [0.1, 0.15) is 5.75 Å². The highest BCUT2D eigenvalue weighted by molar-refractivity contribution is 5.74. The minimum absolute atomic E-state index is 0.0384. The average molecular weight is 288 g/mol. The molecule has 1 saturated heterocycles. The number of anilines is 2. The van der Waals surface area contributed by atoms with E-state index >= 15 is 0 Å². The lowest BCUT2D eigenvalue weighted by Gasteiger charge is -2.36. The lowest BCUT2D eigenvalue weighted by molar-refractivity contribution is -0.175. The minimum Gasteiger partial charge on any atom is -0.492 e. The van der Waals surface area contributed by atoms with E-state index in [1.54, 1.807) is 23.1 Å². The van der Waals surface area contributed by atoms with E-state index in [2.05, 4.69) is 0 Å². The first-order valence-corrected chi connectivity index (χ1v) is 6.76. The second-order valence-electron chi connectivity index (χ2n) is 4.95. The second-order valence-corrected chi connectivity index (χ2v) is 4.95. The molecular weight excluding hydrogens is 269 g/mol. The number of benzene rings is 1. The third kappa shape index (κ3) is 3.11. The van der Waals surface area contributed by atoms with Crippen molar-refractivity contribution in [3.63, 3.8) is 0 Å². The Kier molecular flexibility index (Phi) is 4.30. The maximum Gasteiger partial charge on any atom is 0.393 e. The van der Waals surface area contributed by atoms with Crippen molar-refractivity contribution in [1.82, 2.24) is 0 Å². The Bertz CT molecular complexity index is 462. The molecule has 112 valence electrons. The van der Waals surface area contributed by atoms with E-state index in [9.17, 15) is 13.2 Å². The lowest BCUT2D eigenvalue weighted by atomic mass is 9.97. The van der Waals surface area contributed by atoms with E-state index in [-0.39, 0.29) is 13.0 Å². The van der Waals surface area contributed by atoms with Crippen LogP contribution in [-0.4, -0.2) is 25.9 Å². The molecule has 2 rings (SSSR count). The molecule has 0 amide bonds. The van der Waals surface area contributed by atoms with E-state index in [4.69, 9.17) is 10.5 Å². The van der Waals surface area contributed by atoms with Crippen LogP contribution < -0.4 is 15.4 Å². The molecule has 1 atom stereocenters. The monoisotopic (exact) mass is 288 g/mol. The molecule has 1 aromatic rings. The first kappa shape index (κ1) is 14.8. The summed E-state index contributed by atoms with van der Waals surface area (Å²) >= 11 is 0. The van der Waals surface area contributed by atoms with Crippen LogP contribution in [0.1, 0.15) is 19.8 Å². The Hall–Kier alpha value is -1.59. The smallest absolute Gasteiger partial charge is 0.393 e. The van der Waals surface area contributed by atoms with Crippen LogP contribution in [-0.2, 0) is 0 Å². The van der Waals surface area contributed by atoms with Crippen molar-refractivity contribution in [3.8, 4) is 5.75 Å². The van der Waals surface area contributed by atoms with Gasteiger partial charge >= 0.3 is 6.18 Å². The number of alkyl halides is 3. The van der Waals surface area contributed by atoms with Gasteiger partial charge < -0.3 is 15.4 Å². The quantitative estimate of drug-likeness (QED) is 0.866. The Balaban J connectivity index is 2.21.